The van der Waals surface area contributed by atoms with Gasteiger partial charge >= 0.3 is 0 Å². The second-order valence-corrected chi connectivity index (χ2v) is 5.35. The van der Waals surface area contributed by atoms with Crippen LogP contribution in [0.25, 0.3) is 0 Å². The number of nitrogens with one attached hydrogen (secondary N) is 1. The summed E-state index contributed by atoms with van der Waals surface area (Å²) in [5.41, 5.74) is 0.0141. The Morgan fingerprint density at radius 3 is 2.33 bits per heavy atom. The van der Waals surface area contributed by atoms with Crippen molar-refractivity contribution in [2.45, 2.75) is 25.7 Å². The summed E-state index contributed by atoms with van der Waals surface area (Å²) in [5, 5.41) is 2.78. The normalized spacial score (nSPS) is 14.3. The molecule has 0 radical (unpaired) electrons. The van der Waals surface area contributed by atoms with Gasteiger partial charge in [0, 0.05) is 23.6 Å². The largest absolute Gasteiger partial charge is 0.335 e. The van der Waals surface area contributed by atoms with Crippen LogP contribution in [0.3, 0.4) is 0 Å². The predicted octanol–water partition coefficient (Wildman–Crippen LogP) is 4.48. The summed E-state index contributed by atoms with van der Waals surface area (Å²) >= 11 is 6.02. The number of halogens is 4. The summed E-state index contributed by atoms with van der Waals surface area (Å²) in [6.45, 7) is 1.64. The van der Waals surface area contributed by atoms with Crippen LogP contribution < -0.4 is 5.32 Å². The van der Waals surface area contributed by atoms with Crippen LogP contribution in [-0.2, 0) is 0 Å². The lowest BCUT2D eigenvalue weighted by atomic mass is 10.2. The first kappa shape index (κ1) is 14.1. The van der Waals surface area contributed by atoms with Crippen LogP contribution in [0.2, 0.25) is 5.15 Å². The molecule has 1 N–H and O–H groups in total. The van der Waals surface area contributed by atoms with Gasteiger partial charge in [0.15, 0.2) is 11.6 Å². The fourth-order valence-corrected chi connectivity index (χ4v) is 2.11. The average molecular weight is 314 g/mol. The maximum Gasteiger partial charge on any atom is 0.152 e. The van der Waals surface area contributed by atoms with Crippen LogP contribution in [0.1, 0.15) is 30.1 Å². The van der Waals surface area contributed by atoms with Crippen LogP contribution >= 0.6 is 11.6 Å². The molecule has 1 aliphatic carbocycles. The summed E-state index contributed by atoms with van der Waals surface area (Å²) in [6.07, 6.45) is 1.94. The van der Waals surface area contributed by atoms with E-state index in [-0.39, 0.29) is 16.9 Å². The maximum atomic E-state index is 13.7. The van der Waals surface area contributed by atoms with E-state index in [2.05, 4.69) is 15.3 Å². The molecule has 1 aromatic carbocycles. The lowest BCUT2D eigenvalue weighted by Crippen LogP contribution is -2.06. The van der Waals surface area contributed by atoms with Gasteiger partial charge in [0.25, 0.3) is 0 Å². The molecular formula is C14H11ClF3N3. The SMILES string of the molecule is Cc1c(Cl)nc(C2CC2)nc1Nc1c(F)cc(F)cc1F. The molecule has 1 aliphatic rings. The molecule has 1 fully saturated rings. The highest BCUT2D eigenvalue weighted by Gasteiger charge is 2.28. The van der Waals surface area contributed by atoms with Gasteiger partial charge in [-0.2, -0.15) is 0 Å². The molecule has 1 saturated carbocycles. The van der Waals surface area contributed by atoms with E-state index >= 15 is 0 Å². The van der Waals surface area contributed by atoms with E-state index < -0.39 is 23.1 Å². The van der Waals surface area contributed by atoms with Gasteiger partial charge in [-0.05, 0) is 19.8 Å². The molecule has 0 atom stereocenters. The molecular weight excluding hydrogens is 303 g/mol. The molecule has 110 valence electrons. The Balaban J connectivity index is 2.02. The van der Waals surface area contributed by atoms with Gasteiger partial charge in [0.05, 0.1) is 0 Å². The fourth-order valence-electron chi connectivity index (χ4n) is 1.93. The number of anilines is 2. The molecule has 3 rings (SSSR count). The Morgan fingerprint density at radius 1 is 1.14 bits per heavy atom. The van der Waals surface area contributed by atoms with Crippen molar-refractivity contribution >= 4 is 23.1 Å². The third-order valence-electron chi connectivity index (χ3n) is 3.30. The van der Waals surface area contributed by atoms with E-state index in [0.717, 1.165) is 12.8 Å². The molecule has 0 bridgehead atoms. The Bertz CT molecular complexity index is 694. The Labute approximate surface area is 124 Å². The van der Waals surface area contributed by atoms with Crippen molar-refractivity contribution in [2.75, 3.05) is 5.32 Å². The van der Waals surface area contributed by atoms with Crippen molar-refractivity contribution < 1.29 is 13.2 Å². The first-order valence-corrected chi connectivity index (χ1v) is 6.79. The highest BCUT2D eigenvalue weighted by atomic mass is 35.5. The summed E-state index contributed by atoms with van der Waals surface area (Å²) < 4.78 is 40.3. The van der Waals surface area contributed by atoms with Gasteiger partial charge in [-0.25, -0.2) is 23.1 Å². The van der Waals surface area contributed by atoms with E-state index in [1.54, 1.807) is 6.92 Å². The smallest absolute Gasteiger partial charge is 0.152 e. The van der Waals surface area contributed by atoms with Gasteiger partial charge in [0.2, 0.25) is 0 Å². The molecule has 0 amide bonds. The zero-order valence-electron chi connectivity index (χ0n) is 11.1. The van der Waals surface area contributed by atoms with Crippen LogP contribution in [0.4, 0.5) is 24.7 Å². The Morgan fingerprint density at radius 2 is 1.76 bits per heavy atom. The zero-order valence-corrected chi connectivity index (χ0v) is 11.8. The molecule has 0 aliphatic heterocycles. The molecule has 3 nitrogen and oxygen atoms in total. The number of aromatic nitrogens is 2. The van der Waals surface area contributed by atoms with Crippen molar-refractivity contribution in [3.05, 3.63) is 46.1 Å². The van der Waals surface area contributed by atoms with Crippen molar-refractivity contribution in [3.63, 3.8) is 0 Å². The van der Waals surface area contributed by atoms with Gasteiger partial charge in [0.1, 0.15) is 28.3 Å². The third kappa shape index (κ3) is 2.81. The average Bonchev–Trinajstić information content (AvgIpc) is 3.22. The van der Waals surface area contributed by atoms with E-state index in [9.17, 15) is 13.2 Å². The lowest BCUT2D eigenvalue weighted by molar-refractivity contribution is 0.548. The quantitative estimate of drug-likeness (QED) is 0.849. The maximum absolute atomic E-state index is 13.7. The second-order valence-electron chi connectivity index (χ2n) is 4.99. The summed E-state index contributed by atoms with van der Waals surface area (Å²) in [6, 6.07) is 1.21. The van der Waals surface area contributed by atoms with Crippen molar-refractivity contribution in [1.29, 1.82) is 0 Å². The number of benzene rings is 1. The van der Waals surface area contributed by atoms with Gasteiger partial charge in [-0.3, -0.25) is 0 Å². The molecule has 7 heteroatoms. The minimum Gasteiger partial charge on any atom is -0.335 e. The summed E-state index contributed by atoms with van der Waals surface area (Å²) in [5.74, 6) is -2.03. The number of nitrogens with zero attached hydrogens (tertiary/aromatic N) is 2. The molecule has 1 aromatic heterocycles. The molecule has 2 aromatic rings. The molecule has 21 heavy (non-hydrogen) atoms. The highest BCUT2D eigenvalue weighted by molar-refractivity contribution is 6.30. The van der Waals surface area contributed by atoms with E-state index in [0.29, 0.717) is 23.5 Å². The first-order valence-electron chi connectivity index (χ1n) is 6.41. The van der Waals surface area contributed by atoms with Crippen molar-refractivity contribution in [3.8, 4) is 0 Å². The molecule has 0 unspecified atom stereocenters. The van der Waals surface area contributed by atoms with E-state index in [4.69, 9.17) is 11.6 Å². The minimum atomic E-state index is -1.03. The van der Waals surface area contributed by atoms with Gasteiger partial charge in [-0.15, -0.1) is 0 Å². The summed E-state index contributed by atoms with van der Waals surface area (Å²) in [4.78, 5) is 8.42. The van der Waals surface area contributed by atoms with Crippen LogP contribution in [0.5, 0.6) is 0 Å². The van der Waals surface area contributed by atoms with E-state index in [1.807, 2.05) is 0 Å². The minimum absolute atomic E-state index is 0.223. The molecule has 1 heterocycles. The van der Waals surface area contributed by atoms with Crippen LogP contribution in [0, 0.1) is 24.4 Å². The van der Waals surface area contributed by atoms with Crippen molar-refractivity contribution in [1.82, 2.24) is 9.97 Å². The van der Waals surface area contributed by atoms with E-state index in [1.165, 1.54) is 0 Å². The molecule has 0 spiro atoms. The predicted molar refractivity (Wildman–Crippen MR) is 73.4 cm³/mol. The highest BCUT2D eigenvalue weighted by Crippen LogP contribution is 2.40. The second kappa shape index (κ2) is 5.18. The fraction of sp³-hybridized carbons (Fsp3) is 0.286. The van der Waals surface area contributed by atoms with Gasteiger partial charge < -0.3 is 5.32 Å². The lowest BCUT2D eigenvalue weighted by Gasteiger charge is -2.12. The van der Waals surface area contributed by atoms with Crippen LogP contribution in [0.15, 0.2) is 12.1 Å². The van der Waals surface area contributed by atoms with Crippen LogP contribution in [-0.4, -0.2) is 9.97 Å². The first-order chi connectivity index (χ1) is 9.95. The Kier molecular flexibility index (Phi) is 3.49. The monoisotopic (exact) mass is 313 g/mol. The van der Waals surface area contributed by atoms with Crippen molar-refractivity contribution in [2.24, 2.45) is 0 Å². The Hall–Kier alpha value is -1.82. The summed E-state index contributed by atoms with van der Waals surface area (Å²) in [7, 11) is 0. The number of rotatable bonds is 3. The standard InChI is InChI=1S/C14H11ClF3N3/c1-6-12(15)20-14(7-2-3-7)21-13(6)19-11-9(17)4-8(16)5-10(11)18/h4-5,7H,2-3H2,1H3,(H,19,20,21). The zero-order chi connectivity index (χ0) is 15.1. The number of hydrogen-bond acceptors (Lipinski definition) is 3. The topological polar surface area (TPSA) is 37.8 Å². The number of hydrogen-bond donors (Lipinski definition) is 1. The molecule has 0 saturated heterocycles. The van der Waals surface area contributed by atoms with Gasteiger partial charge in [-0.1, -0.05) is 11.6 Å². The third-order valence-corrected chi connectivity index (χ3v) is 3.66.